The van der Waals surface area contributed by atoms with E-state index < -0.39 is 146 Å². The molecule has 23 nitrogen and oxygen atoms in total. The van der Waals surface area contributed by atoms with E-state index in [1.165, 1.54) is 0 Å². The lowest BCUT2D eigenvalue weighted by molar-refractivity contribution is -0.250. The third-order valence-electron chi connectivity index (χ3n) is 13.5. The smallest absolute Gasteiger partial charge is 0.155 e. The van der Waals surface area contributed by atoms with Crippen molar-refractivity contribution < 1.29 is 110 Å². The van der Waals surface area contributed by atoms with Crippen molar-refractivity contribution in [3.8, 4) is 0 Å². The average Bonchev–Trinajstić information content (AvgIpc) is 3.27. The van der Waals surface area contributed by atoms with Crippen LogP contribution < -0.4 is 11.5 Å². The monoisotopic (exact) mass is 1070 g/mol. The Balaban J connectivity index is 0.000000457. The maximum Gasteiger partial charge on any atom is 0.155 e. The Hall–Kier alpha value is -0.990. The first kappa shape index (κ1) is 70.0. The lowest BCUT2D eigenvalue weighted by Crippen LogP contribution is -2.64. The maximum absolute atomic E-state index is 13.7. The van der Waals surface area contributed by atoms with E-state index in [0.717, 1.165) is 0 Å². The van der Waals surface area contributed by atoms with Crippen molar-refractivity contribution in [1.82, 2.24) is 0 Å². The highest BCUT2D eigenvalue weighted by Gasteiger charge is 2.51. The number of aliphatic hydroxyl groups excluding tert-OH is 16. The Morgan fingerprint density at radius 1 is 0.342 bits per heavy atom. The topological polar surface area (TPSA) is 422 Å². The number of ether oxygens (including phenoxy) is 5. The summed E-state index contributed by atoms with van der Waals surface area (Å²) in [6.45, 7) is 27.0. The molecule has 0 spiro atoms. The highest BCUT2D eigenvalue weighted by molar-refractivity contribution is 5.01. The summed E-state index contributed by atoms with van der Waals surface area (Å²) in [6, 6.07) is -1.27. The van der Waals surface area contributed by atoms with Gasteiger partial charge in [0.15, 0.2) is 6.17 Å². The number of hydrogen-bond donors (Lipinski definition) is 18. The molecule has 0 saturated carbocycles. The molecular formula is C49H99FN2O21. The molecule has 24 heteroatoms. The van der Waals surface area contributed by atoms with Gasteiger partial charge in [-0.05, 0) is 27.1 Å². The van der Waals surface area contributed by atoms with Crippen LogP contribution in [0.5, 0.6) is 0 Å². The van der Waals surface area contributed by atoms with E-state index in [-0.39, 0.29) is 60.3 Å². The van der Waals surface area contributed by atoms with E-state index in [2.05, 4.69) is 0 Å². The first-order chi connectivity index (χ1) is 33.0. The predicted molar refractivity (Wildman–Crippen MR) is 263 cm³/mol. The zero-order valence-electron chi connectivity index (χ0n) is 45.6. The molecule has 24 atom stereocenters. The molecule has 0 aromatic carbocycles. The molecule has 5 aliphatic rings. The zero-order valence-corrected chi connectivity index (χ0v) is 45.6. The normalized spacial score (nSPS) is 42.8. The van der Waals surface area contributed by atoms with Gasteiger partial charge in [-0.15, -0.1) is 0 Å². The molecule has 5 heterocycles. The molecule has 0 radical (unpaired) electrons. The molecule has 20 N–H and O–H groups in total. The van der Waals surface area contributed by atoms with Crippen LogP contribution in [0.25, 0.3) is 0 Å². The van der Waals surface area contributed by atoms with Gasteiger partial charge in [-0.25, -0.2) is 4.39 Å². The SMILES string of the molecule is CC(C)(C)[C@@H]1OC(CO)[C@@H](O)[C@H](O)C1F.CC(C)(C)[C@@H]1OC(CO)[C@@H](O)[C@H](O)C1N.CC(C)(C)[C@@H]1OC(CO)[C@@H](O)[C@H](O)C1O.CC(C)(C)[C@@H]1OC[C@@H](O)[C@H](O)C1O.CC(C)(C)[C@H]1OC(CO)[C@@H](O)[C@H](O)C1N. The average molecular weight is 1070 g/mol. The van der Waals surface area contributed by atoms with Crippen LogP contribution in [-0.2, 0) is 23.7 Å². The van der Waals surface area contributed by atoms with E-state index >= 15 is 0 Å². The largest absolute Gasteiger partial charge is 0.394 e. The summed E-state index contributed by atoms with van der Waals surface area (Å²) in [5.74, 6) is 0. The van der Waals surface area contributed by atoms with Crippen molar-refractivity contribution in [2.45, 2.75) is 250 Å². The quantitative estimate of drug-likeness (QED) is 0.127. The van der Waals surface area contributed by atoms with Crippen LogP contribution in [0.15, 0.2) is 0 Å². The van der Waals surface area contributed by atoms with Crippen molar-refractivity contribution in [3.05, 3.63) is 0 Å². The van der Waals surface area contributed by atoms with Crippen molar-refractivity contribution in [2.24, 2.45) is 38.5 Å². The van der Waals surface area contributed by atoms with Crippen molar-refractivity contribution in [2.75, 3.05) is 33.0 Å². The van der Waals surface area contributed by atoms with E-state index in [1.54, 1.807) is 20.8 Å². The molecule has 5 fully saturated rings. The minimum Gasteiger partial charge on any atom is -0.394 e. The zero-order chi connectivity index (χ0) is 57.4. The van der Waals surface area contributed by atoms with Crippen LogP contribution in [0.4, 0.5) is 4.39 Å². The summed E-state index contributed by atoms with van der Waals surface area (Å²) in [7, 11) is 0. The number of rotatable bonds is 4. The number of halogens is 1. The summed E-state index contributed by atoms with van der Waals surface area (Å²) in [6.07, 6.45) is -21.5. The van der Waals surface area contributed by atoms with Crippen LogP contribution in [0.2, 0.25) is 0 Å². The lowest BCUT2D eigenvalue weighted by Gasteiger charge is -2.46. The Morgan fingerprint density at radius 2 is 0.603 bits per heavy atom. The van der Waals surface area contributed by atoms with Gasteiger partial charge in [-0.2, -0.15) is 0 Å². The Bertz CT molecular complexity index is 1370. The molecule has 0 aromatic heterocycles. The molecular weight excluding hydrogens is 972 g/mol. The van der Waals surface area contributed by atoms with Crippen LogP contribution in [-0.4, -0.2) is 261 Å². The molecule has 5 aliphatic heterocycles. The van der Waals surface area contributed by atoms with Crippen molar-refractivity contribution in [3.63, 3.8) is 0 Å². The Morgan fingerprint density at radius 3 is 0.904 bits per heavy atom. The van der Waals surface area contributed by atoms with Crippen molar-refractivity contribution >= 4 is 0 Å². The van der Waals surface area contributed by atoms with Gasteiger partial charge in [0.2, 0.25) is 0 Å². The highest BCUT2D eigenvalue weighted by Crippen LogP contribution is 2.37. The number of aliphatic hydroxyl groups is 16. The number of hydrogen-bond acceptors (Lipinski definition) is 23. The molecule has 5 rings (SSSR count). The van der Waals surface area contributed by atoms with E-state index in [4.69, 9.17) is 55.6 Å². The van der Waals surface area contributed by atoms with Crippen LogP contribution in [0.1, 0.15) is 104 Å². The lowest BCUT2D eigenvalue weighted by atomic mass is 9.79. The van der Waals surface area contributed by atoms with Gasteiger partial charge in [0.1, 0.15) is 97.7 Å². The summed E-state index contributed by atoms with van der Waals surface area (Å²) >= 11 is 0. The Labute approximate surface area is 430 Å². The van der Waals surface area contributed by atoms with Gasteiger partial charge >= 0.3 is 0 Å². The third-order valence-corrected chi connectivity index (χ3v) is 13.5. The Kier molecular flexibility index (Phi) is 27.1. The molecule has 0 aliphatic carbocycles. The summed E-state index contributed by atoms with van der Waals surface area (Å²) < 4.78 is 40.6. The maximum atomic E-state index is 13.7. The van der Waals surface area contributed by atoms with Crippen LogP contribution in [0, 0.1) is 27.1 Å². The van der Waals surface area contributed by atoms with Gasteiger partial charge in [0.25, 0.3) is 0 Å². The fourth-order valence-corrected chi connectivity index (χ4v) is 8.99. The summed E-state index contributed by atoms with van der Waals surface area (Å²) in [5.41, 5.74) is 10.0. The van der Waals surface area contributed by atoms with Gasteiger partial charge in [0, 0.05) is 0 Å². The molecule has 73 heavy (non-hydrogen) atoms. The van der Waals surface area contributed by atoms with E-state index in [0.29, 0.717) is 0 Å². The first-order valence-corrected chi connectivity index (χ1v) is 25.0. The minimum absolute atomic E-state index is 0.0835. The predicted octanol–water partition coefficient (Wildman–Crippen LogP) is -4.08. The highest BCUT2D eigenvalue weighted by atomic mass is 19.1. The summed E-state index contributed by atoms with van der Waals surface area (Å²) in [4.78, 5) is 0. The molecule has 9 unspecified atom stereocenters. The second-order valence-corrected chi connectivity index (χ2v) is 25.3. The van der Waals surface area contributed by atoms with E-state index in [9.17, 15) is 65.7 Å². The third kappa shape index (κ3) is 18.8. The standard InChI is InChI=1S/C10H19FO4.2C10H21NO4.C10H20O5.C9H18O4/c3*1-10(2,3)9-6(11)8(14)7(13)5(4-12)15-9;1-10(2,3)9-8(14)7(13)6(12)5(4-11)15-9;1-9(2,3)8-7(12)6(11)5(10)4-13-8/h5-9,12-14H,4H2,1-3H3;2*5-9,12-14H,4,11H2,1-3H3;5-9,11-14H,4H2,1-3H3;5-8,10-12H,4H2,1-3H3/t5?,6?,7-,8-,9-;5?,6?,7-,8-,9+;5?,6?,7-,8-,9-;5?,6-,7+,8?,9-;5-,6+,7?,8-/m11111/s1. The number of alkyl halides is 1. The van der Waals surface area contributed by atoms with Gasteiger partial charge in [-0.3, -0.25) is 0 Å². The molecule has 5 saturated heterocycles. The van der Waals surface area contributed by atoms with Crippen LogP contribution in [0.3, 0.4) is 0 Å². The fraction of sp³-hybridized carbons (Fsp3) is 1.00. The first-order valence-electron chi connectivity index (χ1n) is 25.0. The van der Waals surface area contributed by atoms with Gasteiger partial charge in [0.05, 0.1) is 75.6 Å². The van der Waals surface area contributed by atoms with E-state index in [1.807, 2.05) is 83.1 Å². The molecule has 0 amide bonds. The molecule has 438 valence electrons. The molecule has 0 bridgehead atoms. The second-order valence-electron chi connectivity index (χ2n) is 25.3. The summed E-state index contributed by atoms with van der Waals surface area (Å²) in [5, 5.41) is 150. The van der Waals surface area contributed by atoms with Gasteiger partial charge in [-0.1, -0.05) is 104 Å². The van der Waals surface area contributed by atoms with Gasteiger partial charge < -0.3 is 117 Å². The molecule has 0 aromatic rings. The second kappa shape index (κ2) is 28.2. The minimum atomic E-state index is -1.64. The van der Waals surface area contributed by atoms with Crippen molar-refractivity contribution in [1.29, 1.82) is 0 Å². The number of nitrogens with two attached hydrogens (primary N) is 2. The van der Waals surface area contributed by atoms with Crippen LogP contribution >= 0.6 is 0 Å². The fourth-order valence-electron chi connectivity index (χ4n) is 8.99.